The van der Waals surface area contributed by atoms with Gasteiger partial charge in [0.25, 0.3) is 0 Å². The van der Waals surface area contributed by atoms with Gasteiger partial charge in [0.05, 0.1) is 17.4 Å². The van der Waals surface area contributed by atoms with E-state index in [1.807, 2.05) is 59.9 Å². The van der Waals surface area contributed by atoms with Crippen molar-refractivity contribution < 1.29 is 4.79 Å². The number of aryl methyl sites for hydroxylation is 2. The molecule has 1 amide bonds. The average Bonchev–Trinajstić information content (AvgIpc) is 3.03. The lowest BCUT2D eigenvalue weighted by Gasteiger charge is -2.15. The number of carbonyl (C=O) groups excluding carboxylic acids is 1. The van der Waals surface area contributed by atoms with Gasteiger partial charge in [0.1, 0.15) is 18.1 Å². The van der Waals surface area contributed by atoms with Crippen molar-refractivity contribution in [3.8, 4) is 11.4 Å². The van der Waals surface area contributed by atoms with E-state index in [0.717, 1.165) is 22.9 Å². The third kappa shape index (κ3) is 3.29. The summed E-state index contributed by atoms with van der Waals surface area (Å²) < 4.78 is 5.62. The lowest BCUT2D eigenvalue weighted by atomic mass is 10.2. The Balaban J connectivity index is 1.45. The van der Waals surface area contributed by atoms with Gasteiger partial charge in [-0.25, -0.2) is 4.68 Å². The summed E-state index contributed by atoms with van der Waals surface area (Å²) in [6.45, 7) is 4.29. The Hall–Kier alpha value is -2.83. The number of carbonyl (C=O) groups is 1. The molecule has 7 heteroatoms. The van der Waals surface area contributed by atoms with E-state index in [0.29, 0.717) is 12.0 Å². The molecule has 0 aliphatic heterocycles. The fourth-order valence-electron chi connectivity index (χ4n) is 3.34. The minimum absolute atomic E-state index is 0.101. The number of amides is 1. The smallest absolute Gasteiger partial charge is 0.247 e. The molecule has 1 saturated carbocycles. The van der Waals surface area contributed by atoms with Crippen LogP contribution in [0.25, 0.3) is 11.4 Å². The molecule has 0 radical (unpaired) electrons. The Kier molecular flexibility index (Phi) is 4.14. The first-order valence-corrected chi connectivity index (χ1v) is 9.02. The second-order valence-electron chi connectivity index (χ2n) is 7.14. The van der Waals surface area contributed by atoms with Gasteiger partial charge in [0, 0.05) is 25.5 Å². The Labute approximate surface area is 152 Å². The van der Waals surface area contributed by atoms with E-state index in [1.165, 1.54) is 12.8 Å². The summed E-state index contributed by atoms with van der Waals surface area (Å²) in [5, 5.41) is 12.1. The fourth-order valence-corrected chi connectivity index (χ4v) is 3.34. The van der Waals surface area contributed by atoms with Crippen LogP contribution in [0.5, 0.6) is 0 Å². The van der Waals surface area contributed by atoms with Crippen LogP contribution in [0.15, 0.2) is 36.7 Å². The summed E-state index contributed by atoms with van der Waals surface area (Å²) in [5.74, 6) is 1.33. The summed E-state index contributed by atoms with van der Waals surface area (Å²) in [6.07, 6.45) is 6.29. The van der Waals surface area contributed by atoms with Gasteiger partial charge in [-0.3, -0.25) is 9.48 Å². The quantitative estimate of drug-likeness (QED) is 0.741. The summed E-state index contributed by atoms with van der Waals surface area (Å²) in [4.78, 5) is 12.5. The predicted molar refractivity (Wildman–Crippen MR) is 99.7 cm³/mol. The first kappa shape index (κ1) is 16.6. The van der Waals surface area contributed by atoms with Gasteiger partial charge in [-0.05, 0) is 50.8 Å². The van der Waals surface area contributed by atoms with Crippen LogP contribution in [0.1, 0.15) is 31.5 Å². The highest BCUT2D eigenvalue weighted by molar-refractivity contribution is 5.89. The number of rotatable bonds is 6. The molecule has 26 heavy (non-hydrogen) atoms. The van der Waals surface area contributed by atoms with Gasteiger partial charge in [-0.2, -0.15) is 10.2 Å². The van der Waals surface area contributed by atoms with E-state index < -0.39 is 0 Å². The first-order chi connectivity index (χ1) is 12.5. The largest absolute Gasteiger partial charge is 0.349 e. The topological polar surface area (TPSA) is 69.7 Å². The van der Waals surface area contributed by atoms with Crippen molar-refractivity contribution >= 4 is 11.7 Å². The molecule has 0 aromatic carbocycles. The van der Waals surface area contributed by atoms with Crippen LogP contribution in [-0.4, -0.2) is 30.0 Å². The van der Waals surface area contributed by atoms with Gasteiger partial charge in [-0.15, -0.1) is 0 Å². The lowest BCUT2D eigenvalue weighted by molar-refractivity contribution is -0.116. The Morgan fingerprint density at radius 3 is 2.81 bits per heavy atom. The minimum Gasteiger partial charge on any atom is -0.349 e. The summed E-state index contributed by atoms with van der Waals surface area (Å²) >= 11 is 0. The van der Waals surface area contributed by atoms with Gasteiger partial charge < -0.3 is 9.88 Å². The normalized spacial score (nSPS) is 15.2. The van der Waals surface area contributed by atoms with E-state index in [1.54, 1.807) is 4.68 Å². The molecule has 7 nitrogen and oxygen atoms in total. The van der Waals surface area contributed by atoms with Crippen molar-refractivity contribution in [2.45, 2.75) is 39.3 Å². The van der Waals surface area contributed by atoms with Crippen molar-refractivity contribution in [3.05, 3.63) is 42.4 Å². The summed E-state index contributed by atoms with van der Waals surface area (Å²) in [5.41, 5.74) is 2.79. The van der Waals surface area contributed by atoms with E-state index in [9.17, 15) is 4.79 Å². The second kappa shape index (κ2) is 6.48. The molecular formula is C19H24N6O. The molecule has 1 aliphatic carbocycles. The number of anilines is 1. The van der Waals surface area contributed by atoms with Gasteiger partial charge >= 0.3 is 0 Å². The molecule has 1 atom stereocenters. The van der Waals surface area contributed by atoms with Crippen molar-refractivity contribution in [3.63, 3.8) is 0 Å². The molecule has 1 unspecified atom stereocenters. The number of hydrogen-bond acceptors (Lipinski definition) is 3. The molecule has 136 valence electrons. The third-order valence-corrected chi connectivity index (χ3v) is 4.97. The van der Waals surface area contributed by atoms with Crippen molar-refractivity contribution in [1.29, 1.82) is 0 Å². The molecular weight excluding hydrogens is 328 g/mol. The SMILES string of the molecule is Cc1cc(NC(=O)Cn2ccc(-c3cccn3C)n2)n(C(C)C2CC2)n1. The van der Waals surface area contributed by atoms with E-state index >= 15 is 0 Å². The van der Waals surface area contributed by atoms with Crippen molar-refractivity contribution in [2.75, 3.05) is 5.32 Å². The first-order valence-electron chi connectivity index (χ1n) is 9.02. The molecule has 3 aromatic heterocycles. The van der Waals surface area contributed by atoms with Gasteiger partial charge in [0.2, 0.25) is 5.91 Å². The zero-order chi connectivity index (χ0) is 18.3. The average molecular weight is 352 g/mol. The molecule has 4 rings (SSSR count). The number of aromatic nitrogens is 5. The van der Waals surface area contributed by atoms with E-state index in [4.69, 9.17) is 0 Å². The molecule has 3 heterocycles. The van der Waals surface area contributed by atoms with Crippen LogP contribution in [0.3, 0.4) is 0 Å². The Morgan fingerprint density at radius 2 is 2.12 bits per heavy atom. The van der Waals surface area contributed by atoms with Gasteiger partial charge in [0.15, 0.2) is 0 Å². The molecule has 0 bridgehead atoms. The fraction of sp³-hybridized carbons (Fsp3) is 0.421. The monoisotopic (exact) mass is 352 g/mol. The highest BCUT2D eigenvalue weighted by Gasteiger charge is 2.31. The van der Waals surface area contributed by atoms with E-state index in [2.05, 4.69) is 22.4 Å². The molecule has 3 aromatic rings. The molecule has 1 N–H and O–H groups in total. The standard InChI is InChI=1S/C19H24N6O/c1-13-11-18(25(21-13)14(2)15-6-7-15)20-19(26)12-24-10-8-16(22-24)17-5-4-9-23(17)3/h4-5,8-11,14-15H,6-7,12H2,1-3H3,(H,20,26). The van der Waals surface area contributed by atoms with Gasteiger partial charge in [-0.1, -0.05) is 0 Å². The lowest BCUT2D eigenvalue weighted by Crippen LogP contribution is -2.22. The van der Waals surface area contributed by atoms with Crippen LogP contribution >= 0.6 is 0 Å². The van der Waals surface area contributed by atoms with Crippen molar-refractivity contribution in [1.82, 2.24) is 24.1 Å². The maximum atomic E-state index is 12.5. The van der Waals surface area contributed by atoms with E-state index in [-0.39, 0.29) is 12.5 Å². The highest BCUT2D eigenvalue weighted by Crippen LogP contribution is 2.40. The predicted octanol–water partition coefficient (Wildman–Crippen LogP) is 3.00. The second-order valence-corrected chi connectivity index (χ2v) is 7.14. The van der Waals surface area contributed by atoms with Crippen molar-refractivity contribution in [2.24, 2.45) is 13.0 Å². The minimum atomic E-state index is -0.101. The molecule has 1 fully saturated rings. The molecule has 1 aliphatic rings. The number of nitrogens with zero attached hydrogens (tertiary/aromatic N) is 5. The van der Waals surface area contributed by atoms with Crippen LogP contribution in [-0.2, 0) is 18.4 Å². The number of hydrogen-bond donors (Lipinski definition) is 1. The summed E-state index contributed by atoms with van der Waals surface area (Å²) in [7, 11) is 1.98. The van der Waals surface area contributed by atoms with Crippen LogP contribution in [0.2, 0.25) is 0 Å². The third-order valence-electron chi connectivity index (χ3n) is 4.97. The Morgan fingerprint density at radius 1 is 1.31 bits per heavy atom. The number of nitrogens with one attached hydrogen (secondary N) is 1. The van der Waals surface area contributed by atoms with Crippen LogP contribution < -0.4 is 5.32 Å². The van der Waals surface area contributed by atoms with Crippen LogP contribution in [0, 0.1) is 12.8 Å². The Bertz CT molecular complexity index is 930. The molecule has 0 spiro atoms. The maximum absolute atomic E-state index is 12.5. The maximum Gasteiger partial charge on any atom is 0.247 e. The van der Waals surface area contributed by atoms with Crippen LogP contribution in [0.4, 0.5) is 5.82 Å². The highest BCUT2D eigenvalue weighted by atomic mass is 16.2. The summed E-state index contributed by atoms with van der Waals surface area (Å²) in [6, 6.07) is 8.15. The molecule has 0 saturated heterocycles. The zero-order valence-electron chi connectivity index (χ0n) is 15.4. The zero-order valence-corrected chi connectivity index (χ0v) is 15.4.